The molecule has 1 aromatic heterocycles. The van der Waals surface area contributed by atoms with Crippen LogP contribution in [0.15, 0.2) is 18.2 Å². The van der Waals surface area contributed by atoms with Gasteiger partial charge in [0.15, 0.2) is 0 Å². The molecule has 0 atom stereocenters. The summed E-state index contributed by atoms with van der Waals surface area (Å²) in [5.41, 5.74) is 1.98. The molecule has 1 aromatic carbocycles. The highest BCUT2D eigenvalue weighted by Gasteiger charge is 2.26. The molecule has 0 radical (unpaired) electrons. The molecule has 1 N–H and O–H groups in total. The Morgan fingerprint density at radius 2 is 2.05 bits per heavy atom. The van der Waals surface area contributed by atoms with Crippen molar-refractivity contribution in [1.82, 2.24) is 9.55 Å². The van der Waals surface area contributed by atoms with Crippen LogP contribution in [-0.4, -0.2) is 20.6 Å². The van der Waals surface area contributed by atoms with Gasteiger partial charge in [-0.1, -0.05) is 20.8 Å². The second-order valence-electron chi connectivity index (χ2n) is 6.13. The summed E-state index contributed by atoms with van der Waals surface area (Å²) in [4.78, 5) is 15.9. The Morgan fingerprint density at radius 1 is 1.40 bits per heavy atom. The van der Waals surface area contributed by atoms with Gasteiger partial charge in [-0.25, -0.2) is 9.78 Å². The number of imidazole rings is 1. The van der Waals surface area contributed by atoms with Crippen molar-refractivity contribution in [3.63, 3.8) is 0 Å². The van der Waals surface area contributed by atoms with E-state index in [1.54, 1.807) is 18.2 Å². The number of rotatable bonds is 4. The molecule has 0 unspecified atom stereocenters. The van der Waals surface area contributed by atoms with E-state index >= 15 is 0 Å². The Balaban J connectivity index is 2.81. The van der Waals surface area contributed by atoms with Crippen molar-refractivity contribution in [1.29, 1.82) is 0 Å². The molecular formula is C16H22N2O2. The molecule has 0 saturated carbocycles. The topological polar surface area (TPSA) is 55.1 Å². The molecule has 4 heteroatoms. The number of hydrogen-bond acceptors (Lipinski definition) is 2. The lowest BCUT2D eigenvalue weighted by molar-refractivity contribution is 0.0697. The minimum absolute atomic E-state index is 0.0918. The molecule has 0 spiro atoms. The van der Waals surface area contributed by atoms with Crippen LogP contribution in [-0.2, 0) is 5.54 Å². The zero-order chi connectivity index (χ0) is 15.1. The number of aromatic carboxylic acids is 1. The molecule has 2 aromatic rings. The second kappa shape index (κ2) is 4.93. The first-order valence-electron chi connectivity index (χ1n) is 7.04. The summed E-state index contributed by atoms with van der Waals surface area (Å²) >= 11 is 0. The molecule has 4 nitrogen and oxygen atoms in total. The van der Waals surface area contributed by atoms with E-state index in [-0.39, 0.29) is 5.54 Å². The van der Waals surface area contributed by atoms with Crippen molar-refractivity contribution in [3.05, 3.63) is 29.6 Å². The zero-order valence-corrected chi connectivity index (χ0v) is 12.8. The standard InChI is InChI=1S/C16H22N2O2/c1-6-16(4,5)18-13-9-11(15(19)20)7-8-12(13)17-14(18)10(2)3/h7-10H,6H2,1-5H3,(H,19,20). The van der Waals surface area contributed by atoms with Crippen LogP contribution in [0.2, 0.25) is 0 Å². The summed E-state index contributed by atoms with van der Waals surface area (Å²) in [7, 11) is 0. The fourth-order valence-electron chi connectivity index (χ4n) is 2.41. The number of aromatic nitrogens is 2. The van der Waals surface area contributed by atoms with Crippen molar-refractivity contribution in [3.8, 4) is 0 Å². The lowest BCUT2D eigenvalue weighted by Crippen LogP contribution is -2.27. The highest BCUT2D eigenvalue weighted by Crippen LogP contribution is 2.31. The van der Waals surface area contributed by atoms with Gasteiger partial charge in [0.05, 0.1) is 16.6 Å². The van der Waals surface area contributed by atoms with Crippen molar-refractivity contribution in [2.45, 2.75) is 52.5 Å². The van der Waals surface area contributed by atoms with Crippen LogP contribution in [0.4, 0.5) is 0 Å². The lowest BCUT2D eigenvalue weighted by Gasteiger charge is -2.29. The van der Waals surface area contributed by atoms with Gasteiger partial charge in [-0.2, -0.15) is 0 Å². The van der Waals surface area contributed by atoms with Gasteiger partial charge in [0, 0.05) is 11.5 Å². The molecule has 2 rings (SSSR count). The third-order valence-corrected chi connectivity index (χ3v) is 3.91. The first-order valence-corrected chi connectivity index (χ1v) is 7.04. The highest BCUT2D eigenvalue weighted by molar-refractivity contribution is 5.92. The van der Waals surface area contributed by atoms with Gasteiger partial charge in [-0.15, -0.1) is 0 Å². The van der Waals surface area contributed by atoms with E-state index < -0.39 is 5.97 Å². The number of nitrogens with zero attached hydrogens (tertiary/aromatic N) is 2. The summed E-state index contributed by atoms with van der Waals surface area (Å²) in [6.07, 6.45) is 0.954. The van der Waals surface area contributed by atoms with E-state index in [2.05, 4.69) is 39.2 Å². The average Bonchev–Trinajstić information content (AvgIpc) is 2.77. The number of carboxylic acid groups (broad SMARTS) is 1. The molecule has 0 aliphatic carbocycles. The zero-order valence-electron chi connectivity index (χ0n) is 12.8. The van der Waals surface area contributed by atoms with E-state index in [1.807, 2.05) is 0 Å². The summed E-state index contributed by atoms with van der Waals surface area (Å²) < 4.78 is 2.19. The largest absolute Gasteiger partial charge is 0.478 e. The molecule has 108 valence electrons. The monoisotopic (exact) mass is 274 g/mol. The van der Waals surface area contributed by atoms with Gasteiger partial charge >= 0.3 is 5.97 Å². The molecule has 1 heterocycles. The number of carbonyl (C=O) groups is 1. The number of benzene rings is 1. The van der Waals surface area contributed by atoms with Gasteiger partial charge < -0.3 is 9.67 Å². The van der Waals surface area contributed by atoms with Crippen LogP contribution >= 0.6 is 0 Å². The van der Waals surface area contributed by atoms with E-state index in [4.69, 9.17) is 4.98 Å². The van der Waals surface area contributed by atoms with Crippen molar-refractivity contribution in [2.75, 3.05) is 0 Å². The van der Waals surface area contributed by atoms with Gasteiger partial charge in [0.2, 0.25) is 0 Å². The Labute approximate surface area is 119 Å². The Kier molecular flexibility index (Phi) is 3.59. The fourth-order valence-corrected chi connectivity index (χ4v) is 2.41. The van der Waals surface area contributed by atoms with Crippen LogP contribution in [0.1, 0.15) is 63.1 Å². The van der Waals surface area contributed by atoms with E-state index in [9.17, 15) is 9.90 Å². The van der Waals surface area contributed by atoms with Crippen LogP contribution < -0.4 is 0 Å². The molecule has 0 saturated heterocycles. The second-order valence-corrected chi connectivity index (χ2v) is 6.13. The van der Waals surface area contributed by atoms with E-state index in [0.717, 1.165) is 23.3 Å². The maximum atomic E-state index is 11.2. The molecule has 0 amide bonds. The van der Waals surface area contributed by atoms with Crippen LogP contribution in [0.3, 0.4) is 0 Å². The average molecular weight is 274 g/mol. The van der Waals surface area contributed by atoms with Crippen molar-refractivity contribution < 1.29 is 9.90 Å². The predicted molar refractivity (Wildman–Crippen MR) is 80.4 cm³/mol. The maximum absolute atomic E-state index is 11.2. The Bertz CT molecular complexity index is 654. The third-order valence-electron chi connectivity index (χ3n) is 3.91. The van der Waals surface area contributed by atoms with Crippen LogP contribution in [0, 0.1) is 0 Å². The normalized spacial score (nSPS) is 12.3. The SMILES string of the molecule is CCC(C)(C)n1c(C(C)C)nc2ccc(C(=O)O)cc21. The van der Waals surface area contributed by atoms with Gasteiger partial charge in [-0.3, -0.25) is 0 Å². The predicted octanol–water partition coefficient (Wildman–Crippen LogP) is 4.00. The molecule has 0 bridgehead atoms. The van der Waals surface area contributed by atoms with Gasteiger partial charge in [0.1, 0.15) is 5.82 Å². The number of carboxylic acids is 1. The quantitative estimate of drug-likeness (QED) is 0.916. The Morgan fingerprint density at radius 3 is 2.55 bits per heavy atom. The minimum Gasteiger partial charge on any atom is -0.478 e. The highest BCUT2D eigenvalue weighted by atomic mass is 16.4. The molecule has 0 aliphatic rings. The van der Waals surface area contributed by atoms with Gasteiger partial charge in [-0.05, 0) is 38.5 Å². The van der Waals surface area contributed by atoms with E-state index in [1.165, 1.54) is 0 Å². The first-order chi connectivity index (χ1) is 9.27. The lowest BCUT2D eigenvalue weighted by atomic mass is 9.99. The minimum atomic E-state index is -0.903. The summed E-state index contributed by atoms with van der Waals surface area (Å²) in [5, 5.41) is 9.18. The summed E-state index contributed by atoms with van der Waals surface area (Å²) in [5.74, 6) is 0.399. The summed E-state index contributed by atoms with van der Waals surface area (Å²) in [6, 6.07) is 5.14. The third kappa shape index (κ3) is 2.30. The number of hydrogen-bond donors (Lipinski definition) is 1. The number of fused-ring (bicyclic) bond motifs is 1. The van der Waals surface area contributed by atoms with Crippen LogP contribution in [0.25, 0.3) is 11.0 Å². The maximum Gasteiger partial charge on any atom is 0.335 e. The smallest absolute Gasteiger partial charge is 0.335 e. The Hall–Kier alpha value is -1.84. The fraction of sp³-hybridized carbons (Fsp3) is 0.500. The van der Waals surface area contributed by atoms with Crippen LogP contribution in [0.5, 0.6) is 0 Å². The molecule has 20 heavy (non-hydrogen) atoms. The summed E-state index contributed by atoms with van der Waals surface area (Å²) in [6.45, 7) is 10.7. The molecular weight excluding hydrogens is 252 g/mol. The molecule has 0 fully saturated rings. The van der Waals surface area contributed by atoms with Crippen molar-refractivity contribution >= 4 is 17.0 Å². The van der Waals surface area contributed by atoms with E-state index in [0.29, 0.717) is 11.5 Å². The van der Waals surface area contributed by atoms with Crippen molar-refractivity contribution in [2.24, 2.45) is 0 Å². The molecule has 0 aliphatic heterocycles. The first kappa shape index (κ1) is 14.6. The van der Waals surface area contributed by atoms with Gasteiger partial charge in [0.25, 0.3) is 0 Å².